The van der Waals surface area contributed by atoms with Crippen molar-refractivity contribution >= 4 is 0 Å². The second kappa shape index (κ2) is 5.31. The summed E-state index contributed by atoms with van der Waals surface area (Å²) in [7, 11) is 1.68. The average molecular weight is 257 g/mol. The molecule has 1 aromatic carbocycles. The fourth-order valence-electron chi connectivity index (χ4n) is 2.62. The van der Waals surface area contributed by atoms with Crippen molar-refractivity contribution in [3.8, 4) is 0 Å². The molecule has 1 aromatic rings. The minimum atomic E-state index is -4.16. The zero-order valence-electron chi connectivity index (χ0n) is 10.5. The van der Waals surface area contributed by atoms with E-state index in [-0.39, 0.29) is 6.42 Å². The van der Waals surface area contributed by atoms with Gasteiger partial charge in [-0.05, 0) is 56.0 Å². The number of rotatable bonds is 4. The highest BCUT2D eigenvalue weighted by molar-refractivity contribution is 5.37. The molecule has 0 aromatic heterocycles. The summed E-state index contributed by atoms with van der Waals surface area (Å²) in [6.45, 7) is 0.376. The van der Waals surface area contributed by atoms with Crippen LogP contribution in [0.4, 0.5) is 13.2 Å². The van der Waals surface area contributed by atoms with Crippen LogP contribution in [0.2, 0.25) is 0 Å². The highest BCUT2D eigenvalue weighted by atomic mass is 19.4. The Morgan fingerprint density at radius 2 is 1.94 bits per heavy atom. The van der Waals surface area contributed by atoms with Gasteiger partial charge in [0.2, 0.25) is 0 Å². The molecular weight excluding hydrogens is 239 g/mol. The van der Waals surface area contributed by atoms with Crippen molar-refractivity contribution in [2.24, 2.45) is 0 Å². The number of hydrogen-bond donors (Lipinski definition) is 1. The number of alkyl halides is 3. The molecule has 18 heavy (non-hydrogen) atoms. The Labute approximate surface area is 105 Å². The maximum atomic E-state index is 13.1. The summed E-state index contributed by atoms with van der Waals surface area (Å²) in [5, 5.41) is 2.79. The van der Waals surface area contributed by atoms with Crippen molar-refractivity contribution in [2.45, 2.75) is 37.8 Å². The summed E-state index contributed by atoms with van der Waals surface area (Å²) in [6.07, 6.45) is -1.09. The summed E-state index contributed by atoms with van der Waals surface area (Å²) in [5.41, 5.74) is 2.73. The smallest absolute Gasteiger partial charge is 0.320 e. The molecule has 4 heteroatoms. The van der Waals surface area contributed by atoms with Gasteiger partial charge in [-0.2, -0.15) is 13.2 Å². The third kappa shape index (κ3) is 2.86. The first-order chi connectivity index (χ1) is 8.52. The van der Waals surface area contributed by atoms with Gasteiger partial charge < -0.3 is 5.32 Å². The van der Waals surface area contributed by atoms with Crippen molar-refractivity contribution in [3.63, 3.8) is 0 Å². The van der Waals surface area contributed by atoms with Crippen LogP contribution in [0.5, 0.6) is 0 Å². The highest BCUT2D eigenvalue weighted by Crippen LogP contribution is 2.38. The molecule has 100 valence electrons. The van der Waals surface area contributed by atoms with E-state index in [4.69, 9.17) is 0 Å². The third-order valence-corrected chi connectivity index (χ3v) is 3.60. The maximum Gasteiger partial charge on any atom is 0.395 e. The minimum Gasteiger partial charge on any atom is -0.320 e. The van der Waals surface area contributed by atoms with Crippen LogP contribution in [0.25, 0.3) is 0 Å². The van der Waals surface area contributed by atoms with E-state index in [9.17, 15) is 13.2 Å². The van der Waals surface area contributed by atoms with E-state index in [1.54, 1.807) is 19.2 Å². The van der Waals surface area contributed by atoms with Gasteiger partial charge in [-0.3, -0.25) is 0 Å². The normalized spacial score (nSPS) is 16.7. The topological polar surface area (TPSA) is 12.0 Å². The molecule has 1 unspecified atom stereocenters. The SMILES string of the molecule is CNCCC(c1ccc2c(c1)CCC2)C(F)(F)F. The summed E-state index contributed by atoms with van der Waals surface area (Å²) < 4.78 is 39.2. The second-order valence-electron chi connectivity index (χ2n) is 4.87. The van der Waals surface area contributed by atoms with Crippen molar-refractivity contribution in [2.75, 3.05) is 13.6 Å². The van der Waals surface area contributed by atoms with Gasteiger partial charge in [0.15, 0.2) is 0 Å². The minimum absolute atomic E-state index is 0.0960. The standard InChI is InChI=1S/C14H18F3N/c1-18-8-7-13(14(15,16)17)12-6-5-10-3-2-4-11(10)9-12/h5-6,9,13,18H,2-4,7-8H2,1H3. The molecule has 2 rings (SSSR count). The van der Waals surface area contributed by atoms with Crippen LogP contribution in [0, 0.1) is 0 Å². The Balaban J connectivity index is 2.25. The number of benzene rings is 1. The molecule has 0 radical (unpaired) electrons. The first-order valence-corrected chi connectivity index (χ1v) is 6.35. The van der Waals surface area contributed by atoms with E-state index in [2.05, 4.69) is 5.32 Å². The van der Waals surface area contributed by atoms with E-state index in [1.165, 1.54) is 5.56 Å². The van der Waals surface area contributed by atoms with Gasteiger partial charge in [-0.1, -0.05) is 18.2 Å². The molecule has 1 aliphatic rings. The van der Waals surface area contributed by atoms with Crippen LogP contribution in [-0.4, -0.2) is 19.8 Å². The zero-order valence-corrected chi connectivity index (χ0v) is 10.5. The molecule has 0 fully saturated rings. The summed E-state index contributed by atoms with van der Waals surface area (Å²) in [6, 6.07) is 5.28. The molecule has 1 aliphatic carbocycles. The van der Waals surface area contributed by atoms with Crippen molar-refractivity contribution in [3.05, 3.63) is 34.9 Å². The van der Waals surface area contributed by atoms with Crippen molar-refractivity contribution in [1.82, 2.24) is 5.32 Å². The Bertz CT molecular complexity index is 412. The van der Waals surface area contributed by atoms with Crippen molar-refractivity contribution < 1.29 is 13.2 Å². The molecule has 0 saturated heterocycles. The molecular formula is C14H18F3N. The number of fused-ring (bicyclic) bond motifs is 1. The van der Waals surface area contributed by atoms with Gasteiger partial charge >= 0.3 is 6.18 Å². The maximum absolute atomic E-state index is 13.1. The van der Waals surface area contributed by atoms with Gasteiger partial charge in [0, 0.05) is 0 Å². The van der Waals surface area contributed by atoms with Crippen LogP contribution in [0.15, 0.2) is 18.2 Å². The average Bonchev–Trinajstić information content (AvgIpc) is 2.75. The van der Waals surface area contributed by atoms with Gasteiger partial charge in [0.25, 0.3) is 0 Å². The van der Waals surface area contributed by atoms with Gasteiger partial charge in [-0.15, -0.1) is 0 Å². The first kappa shape index (κ1) is 13.4. The molecule has 0 aliphatic heterocycles. The van der Waals surface area contributed by atoms with Crippen LogP contribution in [-0.2, 0) is 12.8 Å². The fraction of sp³-hybridized carbons (Fsp3) is 0.571. The fourth-order valence-corrected chi connectivity index (χ4v) is 2.62. The molecule has 1 atom stereocenters. The lowest BCUT2D eigenvalue weighted by Crippen LogP contribution is -2.24. The monoisotopic (exact) mass is 257 g/mol. The first-order valence-electron chi connectivity index (χ1n) is 6.35. The number of nitrogens with one attached hydrogen (secondary N) is 1. The number of aryl methyl sites for hydroxylation is 2. The van der Waals surface area contributed by atoms with E-state index in [0.717, 1.165) is 24.8 Å². The second-order valence-corrected chi connectivity index (χ2v) is 4.87. The van der Waals surface area contributed by atoms with Crippen LogP contribution in [0.3, 0.4) is 0 Å². The molecule has 0 spiro atoms. The van der Waals surface area contributed by atoms with E-state index >= 15 is 0 Å². The number of hydrogen-bond acceptors (Lipinski definition) is 1. The predicted molar refractivity (Wildman–Crippen MR) is 65.8 cm³/mol. The van der Waals surface area contributed by atoms with E-state index in [1.807, 2.05) is 6.07 Å². The molecule has 0 saturated carbocycles. The lowest BCUT2D eigenvalue weighted by atomic mass is 9.92. The molecule has 0 heterocycles. The van der Waals surface area contributed by atoms with E-state index in [0.29, 0.717) is 12.1 Å². The molecule has 1 N–H and O–H groups in total. The predicted octanol–water partition coefficient (Wildman–Crippen LogP) is 3.43. The van der Waals surface area contributed by atoms with Crippen molar-refractivity contribution in [1.29, 1.82) is 0 Å². The van der Waals surface area contributed by atoms with Gasteiger partial charge in [0.05, 0.1) is 5.92 Å². The van der Waals surface area contributed by atoms with Gasteiger partial charge in [-0.25, -0.2) is 0 Å². The Hall–Kier alpha value is -1.03. The molecule has 1 nitrogen and oxygen atoms in total. The Kier molecular flexibility index (Phi) is 3.95. The quantitative estimate of drug-likeness (QED) is 0.871. The summed E-state index contributed by atoms with van der Waals surface area (Å²) in [5.74, 6) is -1.35. The zero-order chi connectivity index (χ0) is 13.2. The molecule has 0 bridgehead atoms. The van der Waals surface area contributed by atoms with Crippen LogP contribution < -0.4 is 5.32 Å². The van der Waals surface area contributed by atoms with E-state index < -0.39 is 12.1 Å². The number of halogens is 3. The third-order valence-electron chi connectivity index (χ3n) is 3.60. The largest absolute Gasteiger partial charge is 0.395 e. The molecule has 0 amide bonds. The highest BCUT2D eigenvalue weighted by Gasteiger charge is 2.40. The summed E-state index contributed by atoms with van der Waals surface area (Å²) >= 11 is 0. The lowest BCUT2D eigenvalue weighted by molar-refractivity contribution is -0.151. The van der Waals surface area contributed by atoms with Gasteiger partial charge in [0.1, 0.15) is 0 Å². The summed E-state index contributed by atoms with van der Waals surface area (Å²) in [4.78, 5) is 0. The van der Waals surface area contributed by atoms with Crippen LogP contribution >= 0.6 is 0 Å². The van der Waals surface area contributed by atoms with Crippen LogP contribution in [0.1, 0.15) is 35.4 Å². The Morgan fingerprint density at radius 1 is 1.22 bits per heavy atom. The lowest BCUT2D eigenvalue weighted by Gasteiger charge is -2.21. The Morgan fingerprint density at radius 3 is 2.61 bits per heavy atom.